The molecule has 1 saturated heterocycles. The number of carboxylic acid groups (broad SMARTS) is 1. The Labute approximate surface area is 133 Å². The summed E-state index contributed by atoms with van der Waals surface area (Å²) >= 11 is 0. The third-order valence-electron chi connectivity index (χ3n) is 3.88. The molecule has 1 fully saturated rings. The van der Waals surface area contributed by atoms with Gasteiger partial charge in [0, 0.05) is 25.8 Å². The van der Waals surface area contributed by atoms with Gasteiger partial charge in [-0.05, 0) is 30.0 Å². The Hall–Kier alpha value is -2.22. The minimum absolute atomic E-state index is 0.403. The van der Waals surface area contributed by atoms with Gasteiger partial charge in [-0.25, -0.2) is 5.48 Å². The van der Waals surface area contributed by atoms with Gasteiger partial charge >= 0.3 is 5.97 Å². The number of ether oxygens (including phenoxy) is 1. The van der Waals surface area contributed by atoms with Crippen LogP contribution in [0.2, 0.25) is 0 Å². The number of hydrogen-bond acceptors (Lipinski definition) is 5. The van der Waals surface area contributed by atoms with Crippen molar-refractivity contribution in [2.75, 3.05) is 13.2 Å². The zero-order valence-electron chi connectivity index (χ0n) is 12.6. The van der Waals surface area contributed by atoms with Crippen molar-refractivity contribution in [1.82, 2.24) is 10.8 Å². The van der Waals surface area contributed by atoms with Gasteiger partial charge in [0.25, 0.3) is 5.91 Å². The minimum atomic E-state index is -0.957. The molecule has 7 nitrogen and oxygen atoms in total. The topological polar surface area (TPSA) is 108 Å². The van der Waals surface area contributed by atoms with E-state index >= 15 is 0 Å². The molecule has 0 spiro atoms. The van der Waals surface area contributed by atoms with E-state index in [2.05, 4.69) is 5.32 Å². The van der Waals surface area contributed by atoms with Crippen LogP contribution >= 0.6 is 0 Å². The lowest BCUT2D eigenvalue weighted by Crippen LogP contribution is -2.55. The normalized spacial score (nSPS) is 17.1. The van der Waals surface area contributed by atoms with Crippen LogP contribution in [0.15, 0.2) is 30.3 Å². The van der Waals surface area contributed by atoms with Crippen molar-refractivity contribution < 1.29 is 24.6 Å². The van der Waals surface area contributed by atoms with Crippen molar-refractivity contribution in [3.8, 4) is 0 Å². The summed E-state index contributed by atoms with van der Waals surface area (Å²) in [5.74, 6) is -1.47. The number of carbonyl (C=O) groups is 2. The van der Waals surface area contributed by atoms with Crippen molar-refractivity contribution in [3.05, 3.63) is 41.5 Å². The molecule has 7 heteroatoms. The fraction of sp³-hybridized carbons (Fsp3) is 0.375. The molecule has 1 aromatic carbocycles. The van der Waals surface area contributed by atoms with Gasteiger partial charge in [0.1, 0.15) is 5.54 Å². The highest BCUT2D eigenvalue weighted by atomic mass is 16.5. The molecule has 0 bridgehead atoms. The van der Waals surface area contributed by atoms with Crippen LogP contribution in [0.5, 0.6) is 0 Å². The van der Waals surface area contributed by atoms with Gasteiger partial charge in [-0.2, -0.15) is 0 Å². The number of amides is 1. The summed E-state index contributed by atoms with van der Waals surface area (Å²) in [5, 5.41) is 21.1. The molecule has 4 N–H and O–H groups in total. The zero-order chi connectivity index (χ0) is 16.7. The van der Waals surface area contributed by atoms with Gasteiger partial charge in [-0.3, -0.25) is 20.1 Å². The molecular formula is C16H20N2O5. The number of benzene rings is 1. The first-order chi connectivity index (χ1) is 11.1. The Morgan fingerprint density at radius 1 is 1.30 bits per heavy atom. The van der Waals surface area contributed by atoms with Gasteiger partial charge < -0.3 is 9.84 Å². The third kappa shape index (κ3) is 4.62. The molecule has 0 atom stereocenters. The fourth-order valence-electron chi connectivity index (χ4n) is 2.47. The lowest BCUT2D eigenvalue weighted by Gasteiger charge is -2.34. The minimum Gasteiger partial charge on any atom is -0.480 e. The first-order valence-electron chi connectivity index (χ1n) is 7.33. The molecule has 0 aromatic heterocycles. The van der Waals surface area contributed by atoms with Crippen LogP contribution < -0.4 is 10.8 Å². The maximum absolute atomic E-state index is 11.6. The highest BCUT2D eigenvalue weighted by molar-refractivity contribution is 5.90. The van der Waals surface area contributed by atoms with Gasteiger partial charge in [0.15, 0.2) is 0 Å². The SMILES string of the molecule is O=C(C=Cc1cccc(CNC2(C(=O)O)CCOCC2)c1)NO. The number of carboxylic acids is 1. The van der Waals surface area contributed by atoms with Gasteiger partial charge in [-0.1, -0.05) is 24.3 Å². The van der Waals surface area contributed by atoms with E-state index in [-0.39, 0.29) is 0 Å². The maximum atomic E-state index is 11.6. The lowest BCUT2D eigenvalue weighted by molar-refractivity contribution is -0.149. The van der Waals surface area contributed by atoms with Crippen molar-refractivity contribution in [2.45, 2.75) is 24.9 Å². The molecule has 0 unspecified atom stereocenters. The lowest BCUT2D eigenvalue weighted by atomic mass is 9.90. The summed E-state index contributed by atoms with van der Waals surface area (Å²) in [6, 6.07) is 7.37. The van der Waals surface area contributed by atoms with Crippen LogP contribution in [0.25, 0.3) is 6.08 Å². The second-order valence-corrected chi connectivity index (χ2v) is 5.41. The molecule has 1 aliphatic rings. The van der Waals surface area contributed by atoms with Gasteiger partial charge in [0.05, 0.1) is 0 Å². The number of aliphatic carboxylic acids is 1. The molecule has 1 heterocycles. The van der Waals surface area contributed by atoms with E-state index in [0.717, 1.165) is 11.1 Å². The Bertz CT molecular complexity index is 594. The second-order valence-electron chi connectivity index (χ2n) is 5.41. The number of nitrogens with one attached hydrogen (secondary N) is 2. The van der Waals surface area contributed by atoms with Crippen molar-refractivity contribution in [3.63, 3.8) is 0 Å². The summed E-state index contributed by atoms with van der Waals surface area (Å²) in [6.45, 7) is 1.26. The quantitative estimate of drug-likeness (QED) is 0.353. The third-order valence-corrected chi connectivity index (χ3v) is 3.88. The Morgan fingerprint density at radius 3 is 2.70 bits per heavy atom. The Morgan fingerprint density at radius 2 is 2.04 bits per heavy atom. The first-order valence-corrected chi connectivity index (χ1v) is 7.33. The van der Waals surface area contributed by atoms with Crippen molar-refractivity contribution >= 4 is 18.0 Å². The molecule has 1 aromatic rings. The van der Waals surface area contributed by atoms with Crippen LogP contribution in [0, 0.1) is 0 Å². The average Bonchev–Trinajstić information content (AvgIpc) is 2.59. The van der Waals surface area contributed by atoms with Crippen LogP contribution in [0.1, 0.15) is 24.0 Å². The summed E-state index contributed by atoms with van der Waals surface area (Å²) in [4.78, 5) is 22.6. The molecule has 0 saturated carbocycles. The number of carbonyl (C=O) groups excluding carboxylic acids is 1. The Kier molecular flexibility index (Phi) is 5.86. The number of hydroxylamine groups is 1. The van der Waals surface area contributed by atoms with E-state index in [1.54, 1.807) is 6.08 Å². The standard InChI is InChI=1S/C16H20N2O5/c19-14(18-22)5-4-12-2-1-3-13(10-12)11-17-16(15(20)21)6-8-23-9-7-16/h1-5,10,17,22H,6-9,11H2,(H,18,19)(H,20,21). The van der Waals surface area contributed by atoms with E-state index < -0.39 is 17.4 Å². The van der Waals surface area contributed by atoms with Crippen molar-refractivity contribution in [1.29, 1.82) is 0 Å². The first kappa shape index (κ1) is 17.1. The smallest absolute Gasteiger partial charge is 0.324 e. The summed E-state index contributed by atoms with van der Waals surface area (Å²) in [7, 11) is 0. The molecule has 124 valence electrons. The predicted molar refractivity (Wildman–Crippen MR) is 82.7 cm³/mol. The van der Waals surface area contributed by atoms with Crippen LogP contribution in [0.4, 0.5) is 0 Å². The summed E-state index contributed by atoms with van der Waals surface area (Å²) in [6.07, 6.45) is 3.64. The molecule has 23 heavy (non-hydrogen) atoms. The summed E-state index contributed by atoms with van der Waals surface area (Å²) in [5.41, 5.74) is 2.25. The summed E-state index contributed by atoms with van der Waals surface area (Å²) < 4.78 is 5.24. The van der Waals surface area contributed by atoms with E-state index in [4.69, 9.17) is 9.94 Å². The molecule has 0 aliphatic carbocycles. The highest BCUT2D eigenvalue weighted by Gasteiger charge is 2.39. The zero-order valence-corrected chi connectivity index (χ0v) is 12.6. The monoisotopic (exact) mass is 320 g/mol. The van der Waals surface area contributed by atoms with E-state index in [0.29, 0.717) is 32.6 Å². The van der Waals surface area contributed by atoms with Crippen molar-refractivity contribution in [2.24, 2.45) is 0 Å². The molecular weight excluding hydrogens is 300 g/mol. The number of hydrogen-bond donors (Lipinski definition) is 4. The predicted octanol–water partition coefficient (Wildman–Crippen LogP) is 0.929. The van der Waals surface area contributed by atoms with Crippen LogP contribution in [0.3, 0.4) is 0 Å². The molecule has 0 radical (unpaired) electrons. The van der Waals surface area contributed by atoms with E-state index in [9.17, 15) is 14.7 Å². The Balaban J connectivity index is 2.03. The second kappa shape index (κ2) is 7.87. The number of rotatable bonds is 6. The highest BCUT2D eigenvalue weighted by Crippen LogP contribution is 2.22. The van der Waals surface area contributed by atoms with Crippen LogP contribution in [-0.2, 0) is 20.9 Å². The molecule has 1 amide bonds. The fourth-order valence-corrected chi connectivity index (χ4v) is 2.47. The van der Waals surface area contributed by atoms with E-state index in [1.165, 1.54) is 11.6 Å². The maximum Gasteiger partial charge on any atom is 0.324 e. The van der Waals surface area contributed by atoms with Crippen LogP contribution in [-0.4, -0.2) is 40.9 Å². The molecule has 1 aliphatic heterocycles. The average molecular weight is 320 g/mol. The van der Waals surface area contributed by atoms with E-state index in [1.807, 2.05) is 24.3 Å². The van der Waals surface area contributed by atoms with Gasteiger partial charge in [0.2, 0.25) is 0 Å². The molecule has 2 rings (SSSR count). The van der Waals surface area contributed by atoms with Gasteiger partial charge in [-0.15, -0.1) is 0 Å². The largest absolute Gasteiger partial charge is 0.480 e.